The Labute approximate surface area is 174 Å². The highest BCUT2D eigenvalue weighted by Gasteiger charge is 2.17. The van der Waals surface area contributed by atoms with Crippen LogP contribution in [0.3, 0.4) is 0 Å². The minimum Gasteiger partial charge on any atom is -0.490 e. The molecular formula is C25H23NO4. The van der Waals surface area contributed by atoms with E-state index in [2.05, 4.69) is 17.4 Å². The van der Waals surface area contributed by atoms with Crippen LogP contribution in [0.2, 0.25) is 0 Å². The van der Waals surface area contributed by atoms with Gasteiger partial charge >= 0.3 is 0 Å². The number of ether oxygens (including phenoxy) is 2. The van der Waals surface area contributed by atoms with Crippen molar-refractivity contribution in [2.45, 2.75) is 25.8 Å². The molecule has 0 aliphatic carbocycles. The number of hydrogen-bond donors (Lipinski definition) is 1. The van der Waals surface area contributed by atoms with Crippen molar-refractivity contribution in [3.05, 3.63) is 72.0 Å². The largest absolute Gasteiger partial charge is 0.490 e. The van der Waals surface area contributed by atoms with Gasteiger partial charge in [0.2, 0.25) is 5.91 Å². The van der Waals surface area contributed by atoms with Crippen LogP contribution in [0.15, 0.2) is 65.3 Å². The van der Waals surface area contributed by atoms with Crippen LogP contribution >= 0.6 is 0 Å². The van der Waals surface area contributed by atoms with Crippen LogP contribution in [0, 0.1) is 0 Å². The predicted molar refractivity (Wildman–Crippen MR) is 116 cm³/mol. The molecule has 0 fully saturated rings. The smallest absolute Gasteiger partial charge is 0.225 e. The number of carbonyl (C=O) groups excluding carboxylic acids is 1. The normalized spacial score (nSPS) is 14.4. The average Bonchev–Trinajstić information content (AvgIpc) is 3.01. The van der Waals surface area contributed by atoms with Gasteiger partial charge in [0, 0.05) is 17.4 Å². The molecule has 5 heteroatoms. The summed E-state index contributed by atoms with van der Waals surface area (Å²) in [6.45, 7) is 3.27. The molecule has 1 atom stereocenters. The summed E-state index contributed by atoms with van der Waals surface area (Å²) >= 11 is 0. The van der Waals surface area contributed by atoms with Gasteiger partial charge in [0.05, 0.1) is 31.9 Å². The Bertz CT molecular complexity index is 1230. The first-order chi connectivity index (χ1) is 14.7. The molecule has 2 heterocycles. The monoisotopic (exact) mass is 401 g/mol. The van der Waals surface area contributed by atoms with Gasteiger partial charge < -0.3 is 19.2 Å². The Kier molecular flexibility index (Phi) is 4.79. The maximum atomic E-state index is 12.8. The molecule has 3 aromatic carbocycles. The molecule has 0 saturated heterocycles. The fraction of sp³-hybridized carbons (Fsp3) is 0.240. The van der Waals surface area contributed by atoms with E-state index in [1.165, 1.54) is 0 Å². The number of benzene rings is 3. The molecule has 0 spiro atoms. The van der Waals surface area contributed by atoms with Gasteiger partial charge in [-0.15, -0.1) is 0 Å². The van der Waals surface area contributed by atoms with Gasteiger partial charge in [0.1, 0.15) is 5.58 Å². The van der Waals surface area contributed by atoms with E-state index < -0.39 is 0 Å². The van der Waals surface area contributed by atoms with Gasteiger partial charge in [-0.3, -0.25) is 4.79 Å². The van der Waals surface area contributed by atoms with Crippen molar-refractivity contribution >= 4 is 27.6 Å². The minimum absolute atomic E-state index is 0.0507. The molecule has 1 aromatic heterocycles. The number of fused-ring (bicyclic) bond motifs is 4. The van der Waals surface area contributed by atoms with E-state index in [-0.39, 0.29) is 18.4 Å². The predicted octanol–water partition coefficient (Wildman–Crippen LogP) is 5.17. The summed E-state index contributed by atoms with van der Waals surface area (Å²) in [6.07, 6.45) is 2.81. The zero-order valence-electron chi connectivity index (χ0n) is 16.8. The van der Waals surface area contributed by atoms with Crippen molar-refractivity contribution in [2.75, 3.05) is 13.2 Å². The van der Waals surface area contributed by atoms with Crippen LogP contribution < -0.4 is 14.8 Å². The third kappa shape index (κ3) is 3.47. The summed E-state index contributed by atoms with van der Waals surface area (Å²) in [5, 5.41) is 6.33. The minimum atomic E-state index is -0.149. The van der Waals surface area contributed by atoms with Gasteiger partial charge in [-0.05, 0) is 41.5 Å². The van der Waals surface area contributed by atoms with E-state index >= 15 is 0 Å². The lowest BCUT2D eigenvalue weighted by atomic mass is 10.0. The number of amides is 1. The van der Waals surface area contributed by atoms with Crippen LogP contribution in [0.1, 0.15) is 30.5 Å². The Hall–Kier alpha value is -3.47. The van der Waals surface area contributed by atoms with E-state index in [1.54, 1.807) is 6.26 Å². The molecule has 1 amide bonds. The van der Waals surface area contributed by atoms with Crippen molar-refractivity contribution in [3.63, 3.8) is 0 Å². The Morgan fingerprint density at radius 3 is 2.77 bits per heavy atom. The fourth-order valence-corrected chi connectivity index (χ4v) is 4.00. The molecule has 152 valence electrons. The first-order valence-electron chi connectivity index (χ1n) is 10.3. The summed E-state index contributed by atoms with van der Waals surface area (Å²) in [7, 11) is 0. The van der Waals surface area contributed by atoms with E-state index in [0.29, 0.717) is 13.2 Å². The third-order valence-corrected chi connectivity index (χ3v) is 5.54. The number of furan rings is 1. The van der Waals surface area contributed by atoms with Gasteiger partial charge in [-0.1, -0.05) is 36.4 Å². The molecule has 0 bridgehead atoms. The second-order valence-corrected chi connectivity index (χ2v) is 7.64. The lowest BCUT2D eigenvalue weighted by Gasteiger charge is -2.16. The van der Waals surface area contributed by atoms with E-state index in [4.69, 9.17) is 13.9 Å². The molecule has 1 unspecified atom stereocenters. The second-order valence-electron chi connectivity index (χ2n) is 7.64. The SMILES string of the molecule is CC(NC(=O)Cc1coc2ccc3ccccc3c12)c1ccc2c(c1)OCCCO2. The first-order valence-corrected chi connectivity index (χ1v) is 10.3. The quantitative estimate of drug-likeness (QED) is 0.513. The van der Waals surface area contributed by atoms with Crippen molar-refractivity contribution in [3.8, 4) is 11.5 Å². The number of nitrogens with one attached hydrogen (secondary N) is 1. The van der Waals surface area contributed by atoms with E-state index in [1.807, 2.05) is 49.4 Å². The molecule has 1 aliphatic rings. The maximum absolute atomic E-state index is 12.8. The van der Waals surface area contributed by atoms with E-state index in [9.17, 15) is 4.79 Å². The Morgan fingerprint density at radius 2 is 1.87 bits per heavy atom. The molecule has 1 N–H and O–H groups in total. The standard InChI is InChI=1S/C25H23NO4/c1-16(18-8-9-21-23(13-18)29-12-4-11-28-21)26-24(27)14-19-15-30-22-10-7-17-5-2-3-6-20(17)25(19)22/h2-3,5-10,13,15-16H,4,11-12,14H2,1H3,(H,26,27). The Morgan fingerprint density at radius 1 is 1.03 bits per heavy atom. The Balaban J connectivity index is 1.35. The molecular weight excluding hydrogens is 378 g/mol. The lowest BCUT2D eigenvalue weighted by Crippen LogP contribution is -2.28. The molecule has 5 nitrogen and oxygen atoms in total. The van der Waals surface area contributed by atoms with Gasteiger partial charge in [0.15, 0.2) is 11.5 Å². The zero-order chi connectivity index (χ0) is 20.5. The van der Waals surface area contributed by atoms with Gasteiger partial charge in [-0.2, -0.15) is 0 Å². The highest BCUT2D eigenvalue weighted by atomic mass is 16.5. The molecule has 1 aliphatic heterocycles. The van der Waals surface area contributed by atoms with Crippen molar-refractivity contribution in [1.29, 1.82) is 0 Å². The van der Waals surface area contributed by atoms with E-state index in [0.717, 1.165) is 50.8 Å². The van der Waals surface area contributed by atoms with Crippen molar-refractivity contribution in [1.82, 2.24) is 5.32 Å². The second kappa shape index (κ2) is 7.75. The summed E-state index contributed by atoms with van der Waals surface area (Å²) in [4.78, 5) is 12.8. The highest BCUT2D eigenvalue weighted by Crippen LogP contribution is 2.33. The summed E-state index contributed by atoms with van der Waals surface area (Å²) < 4.78 is 17.2. The molecule has 30 heavy (non-hydrogen) atoms. The average molecular weight is 401 g/mol. The molecule has 5 rings (SSSR count). The fourth-order valence-electron chi connectivity index (χ4n) is 4.00. The summed E-state index contributed by atoms with van der Waals surface area (Å²) in [6, 6.07) is 17.8. The maximum Gasteiger partial charge on any atom is 0.225 e. The number of hydrogen-bond acceptors (Lipinski definition) is 4. The van der Waals surface area contributed by atoms with Crippen molar-refractivity contribution in [2.24, 2.45) is 0 Å². The highest BCUT2D eigenvalue weighted by molar-refractivity contribution is 6.08. The molecule has 0 saturated carbocycles. The molecule has 0 radical (unpaired) electrons. The summed E-state index contributed by atoms with van der Waals surface area (Å²) in [5.41, 5.74) is 2.67. The third-order valence-electron chi connectivity index (χ3n) is 5.54. The first kappa shape index (κ1) is 18.6. The number of rotatable bonds is 4. The topological polar surface area (TPSA) is 60.7 Å². The van der Waals surface area contributed by atoms with Crippen LogP contribution in [-0.2, 0) is 11.2 Å². The van der Waals surface area contributed by atoms with Gasteiger partial charge in [0.25, 0.3) is 0 Å². The lowest BCUT2D eigenvalue weighted by molar-refractivity contribution is -0.121. The number of carbonyl (C=O) groups is 1. The van der Waals surface area contributed by atoms with Crippen LogP contribution in [-0.4, -0.2) is 19.1 Å². The van der Waals surface area contributed by atoms with Crippen LogP contribution in [0.5, 0.6) is 11.5 Å². The van der Waals surface area contributed by atoms with Crippen molar-refractivity contribution < 1.29 is 18.7 Å². The van der Waals surface area contributed by atoms with Crippen LogP contribution in [0.25, 0.3) is 21.7 Å². The zero-order valence-corrected chi connectivity index (χ0v) is 16.8. The van der Waals surface area contributed by atoms with Crippen LogP contribution in [0.4, 0.5) is 0 Å². The van der Waals surface area contributed by atoms with Gasteiger partial charge in [-0.25, -0.2) is 0 Å². The summed E-state index contributed by atoms with van der Waals surface area (Å²) in [5.74, 6) is 1.44. The molecule has 4 aromatic rings.